The highest BCUT2D eigenvalue weighted by Crippen LogP contribution is 2.13. The first-order valence-corrected chi connectivity index (χ1v) is 8.88. The Labute approximate surface area is 130 Å². The summed E-state index contributed by atoms with van der Waals surface area (Å²) in [5, 5.41) is 2.67. The number of amides is 1. The number of nitrogens with zero attached hydrogens (tertiary/aromatic N) is 2. The smallest absolute Gasteiger partial charge is 0.241 e. The molecule has 0 aromatic heterocycles. The van der Waals surface area contributed by atoms with Crippen LogP contribution in [0, 0.1) is 5.82 Å². The quantitative estimate of drug-likeness (QED) is 0.884. The van der Waals surface area contributed by atoms with Crippen molar-refractivity contribution >= 4 is 21.6 Å². The summed E-state index contributed by atoms with van der Waals surface area (Å²) in [5.41, 5.74) is 0.409. The van der Waals surface area contributed by atoms with E-state index >= 15 is 0 Å². The molecule has 1 atom stereocenters. The van der Waals surface area contributed by atoms with E-state index < -0.39 is 21.9 Å². The number of carbonyl (C=O) groups is 1. The predicted octanol–water partition coefficient (Wildman–Crippen LogP) is 0.730. The van der Waals surface area contributed by atoms with Crippen LogP contribution >= 0.6 is 0 Å². The van der Waals surface area contributed by atoms with E-state index in [0.717, 1.165) is 0 Å². The lowest BCUT2D eigenvalue weighted by Crippen LogP contribution is -2.53. The Morgan fingerprint density at radius 1 is 1.27 bits per heavy atom. The van der Waals surface area contributed by atoms with Crippen LogP contribution in [0.5, 0.6) is 0 Å². The summed E-state index contributed by atoms with van der Waals surface area (Å²) in [5.74, 6) is -0.648. The van der Waals surface area contributed by atoms with E-state index in [9.17, 15) is 17.6 Å². The zero-order chi connectivity index (χ0) is 16.3. The highest BCUT2D eigenvalue weighted by molar-refractivity contribution is 7.88. The molecule has 0 aliphatic carbocycles. The van der Waals surface area contributed by atoms with Crippen molar-refractivity contribution in [1.82, 2.24) is 9.21 Å². The van der Waals surface area contributed by atoms with Gasteiger partial charge in [0.1, 0.15) is 5.82 Å². The first-order valence-electron chi connectivity index (χ1n) is 7.03. The van der Waals surface area contributed by atoms with Crippen molar-refractivity contribution < 1.29 is 17.6 Å². The van der Waals surface area contributed by atoms with Crippen LogP contribution in [0.3, 0.4) is 0 Å². The van der Waals surface area contributed by atoms with Crippen molar-refractivity contribution in [3.8, 4) is 0 Å². The third kappa shape index (κ3) is 4.25. The summed E-state index contributed by atoms with van der Waals surface area (Å²) in [6.07, 6.45) is 1.18. The van der Waals surface area contributed by atoms with E-state index in [2.05, 4.69) is 5.32 Å². The van der Waals surface area contributed by atoms with Crippen molar-refractivity contribution in [2.75, 3.05) is 37.8 Å². The minimum Gasteiger partial charge on any atom is -0.325 e. The second-order valence-electron chi connectivity index (χ2n) is 5.37. The van der Waals surface area contributed by atoms with Gasteiger partial charge < -0.3 is 5.32 Å². The summed E-state index contributed by atoms with van der Waals surface area (Å²) < 4.78 is 37.4. The SMILES string of the molecule is C[C@@H](C(=O)Nc1cccc(F)c1)N1CCN(S(C)(=O)=O)CC1. The molecule has 1 aromatic rings. The van der Waals surface area contributed by atoms with Gasteiger partial charge in [0.15, 0.2) is 0 Å². The molecule has 0 radical (unpaired) electrons. The van der Waals surface area contributed by atoms with Gasteiger partial charge in [-0.1, -0.05) is 6.07 Å². The van der Waals surface area contributed by atoms with E-state index in [1.165, 1.54) is 28.8 Å². The van der Waals surface area contributed by atoms with Crippen molar-refractivity contribution in [3.63, 3.8) is 0 Å². The maximum Gasteiger partial charge on any atom is 0.241 e. The number of nitrogens with one attached hydrogen (secondary N) is 1. The fraction of sp³-hybridized carbons (Fsp3) is 0.500. The average molecular weight is 329 g/mol. The lowest BCUT2D eigenvalue weighted by molar-refractivity contribution is -0.121. The number of benzene rings is 1. The monoisotopic (exact) mass is 329 g/mol. The molecule has 8 heteroatoms. The lowest BCUT2D eigenvalue weighted by atomic mass is 10.2. The van der Waals surface area contributed by atoms with E-state index in [0.29, 0.717) is 31.9 Å². The topological polar surface area (TPSA) is 69.7 Å². The van der Waals surface area contributed by atoms with Gasteiger partial charge in [0.25, 0.3) is 0 Å². The number of carbonyl (C=O) groups excluding carboxylic acids is 1. The van der Waals surface area contributed by atoms with Gasteiger partial charge in [-0.15, -0.1) is 0 Å². The van der Waals surface area contributed by atoms with Crippen LogP contribution in [0.4, 0.5) is 10.1 Å². The molecule has 0 saturated carbocycles. The lowest BCUT2D eigenvalue weighted by Gasteiger charge is -2.36. The molecule has 22 heavy (non-hydrogen) atoms. The van der Waals surface area contributed by atoms with E-state index in [1.807, 2.05) is 4.90 Å². The number of hydrogen-bond acceptors (Lipinski definition) is 4. The minimum absolute atomic E-state index is 0.238. The third-order valence-corrected chi connectivity index (χ3v) is 5.06. The zero-order valence-electron chi connectivity index (χ0n) is 12.6. The molecular weight excluding hydrogens is 309 g/mol. The number of halogens is 1. The Kier molecular flexibility index (Phi) is 5.15. The summed E-state index contributed by atoms with van der Waals surface area (Å²) >= 11 is 0. The molecule has 1 heterocycles. The molecule has 1 aliphatic rings. The van der Waals surface area contributed by atoms with Gasteiger partial charge in [-0.05, 0) is 25.1 Å². The maximum atomic E-state index is 13.1. The molecule has 0 spiro atoms. The van der Waals surface area contributed by atoms with Crippen molar-refractivity contribution in [1.29, 1.82) is 0 Å². The molecular formula is C14H20FN3O3S. The van der Waals surface area contributed by atoms with Crippen LogP contribution in [0.1, 0.15) is 6.92 Å². The van der Waals surface area contributed by atoms with Gasteiger partial charge in [0, 0.05) is 31.9 Å². The number of sulfonamides is 1. The molecule has 1 aromatic carbocycles. The normalized spacial score (nSPS) is 18.9. The molecule has 0 bridgehead atoms. The second kappa shape index (κ2) is 6.72. The molecule has 1 N–H and O–H groups in total. The standard InChI is InChI=1S/C14H20FN3O3S/c1-11(14(19)16-13-5-3-4-12(15)10-13)17-6-8-18(9-7-17)22(2,20)21/h3-5,10-11H,6-9H2,1-2H3,(H,16,19)/t11-/m0/s1. The molecule has 2 rings (SSSR count). The Morgan fingerprint density at radius 2 is 1.91 bits per heavy atom. The van der Waals surface area contributed by atoms with Crippen LogP contribution in [0.15, 0.2) is 24.3 Å². The molecule has 122 valence electrons. The largest absolute Gasteiger partial charge is 0.325 e. The molecule has 1 amide bonds. The van der Waals surface area contributed by atoms with Crippen molar-refractivity contribution in [2.24, 2.45) is 0 Å². The zero-order valence-corrected chi connectivity index (χ0v) is 13.4. The Balaban J connectivity index is 1.92. The highest BCUT2D eigenvalue weighted by atomic mass is 32.2. The van der Waals surface area contributed by atoms with E-state index in [-0.39, 0.29) is 5.91 Å². The predicted molar refractivity (Wildman–Crippen MR) is 82.5 cm³/mol. The van der Waals surface area contributed by atoms with Crippen molar-refractivity contribution in [3.05, 3.63) is 30.1 Å². The summed E-state index contributed by atoms with van der Waals surface area (Å²) in [6.45, 7) is 3.48. The molecule has 6 nitrogen and oxygen atoms in total. The van der Waals surface area contributed by atoms with Crippen LogP contribution in [0.25, 0.3) is 0 Å². The number of piperazine rings is 1. The minimum atomic E-state index is -3.18. The van der Waals surface area contributed by atoms with Gasteiger partial charge in [0.05, 0.1) is 12.3 Å². The summed E-state index contributed by atoms with van der Waals surface area (Å²) in [6, 6.07) is 5.30. The fourth-order valence-corrected chi connectivity index (χ4v) is 3.23. The van der Waals surface area contributed by atoms with Crippen LogP contribution < -0.4 is 5.32 Å². The Hall–Kier alpha value is -1.51. The molecule has 1 aliphatic heterocycles. The molecule has 1 fully saturated rings. The van der Waals surface area contributed by atoms with Crippen molar-refractivity contribution in [2.45, 2.75) is 13.0 Å². The van der Waals surface area contributed by atoms with Crippen LogP contribution in [-0.2, 0) is 14.8 Å². The average Bonchev–Trinajstić information content (AvgIpc) is 2.45. The first-order chi connectivity index (χ1) is 10.3. The van der Waals surface area contributed by atoms with Gasteiger partial charge in [-0.2, -0.15) is 4.31 Å². The second-order valence-corrected chi connectivity index (χ2v) is 7.36. The van der Waals surface area contributed by atoms with E-state index in [1.54, 1.807) is 13.0 Å². The van der Waals surface area contributed by atoms with Gasteiger partial charge in [0.2, 0.25) is 15.9 Å². The van der Waals surface area contributed by atoms with Gasteiger partial charge in [-0.25, -0.2) is 12.8 Å². The third-order valence-electron chi connectivity index (χ3n) is 3.76. The fourth-order valence-electron chi connectivity index (χ4n) is 2.40. The highest BCUT2D eigenvalue weighted by Gasteiger charge is 2.28. The summed E-state index contributed by atoms with van der Waals surface area (Å²) in [4.78, 5) is 14.1. The molecule has 0 unspecified atom stereocenters. The number of anilines is 1. The van der Waals surface area contributed by atoms with Gasteiger partial charge >= 0.3 is 0 Å². The number of hydrogen-bond donors (Lipinski definition) is 1. The van der Waals surface area contributed by atoms with Gasteiger partial charge in [-0.3, -0.25) is 9.69 Å². The first kappa shape index (κ1) is 16.9. The van der Waals surface area contributed by atoms with E-state index in [4.69, 9.17) is 0 Å². The van der Waals surface area contributed by atoms with Crippen LogP contribution in [-0.4, -0.2) is 62.0 Å². The molecule has 1 saturated heterocycles. The maximum absolute atomic E-state index is 13.1. The Morgan fingerprint density at radius 3 is 2.45 bits per heavy atom. The Bertz CT molecular complexity index is 642. The van der Waals surface area contributed by atoms with Crippen LogP contribution in [0.2, 0.25) is 0 Å². The summed E-state index contributed by atoms with van der Waals surface area (Å²) in [7, 11) is -3.18. The number of rotatable bonds is 4.